The minimum atomic E-state index is -0.404. The van der Waals surface area contributed by atoms with Gasteiger partial charge in [0.2, 0.25) is 5.91 Å². The average molecular weight is 250 g/mol. The molecule has 0 bridgehead atoms. The summed E-state index contributed by atoms with van der Waals surface area (Å²) in [7, 11) is 0. The highest BCUT2D eigenvalue weighted by Crippen LogP contribution is 2.20. The molecule has 0 saturated carbocycles. The zero-order valence-electron chi connectivity index (χ0n) is 10.6. The lowest BCUT2D eigenvalue weighted by Gasteiger charge is -2.13. The van der Waals surface area contributed by atoms with E-state index in [1.54, 1.807) is 13.0 Å². The number of carbonyl (C=O) groups is 1. The molecule has 0 aliphatic carbocycles. The molecule has 5 nitrogen and oxygen atoms in total. The molecule has 1 aromatic carbocycles. The van der Waals surface area contributed by atoms with Crippen LogP contribution >= 0.6 is 0 Å². The van der Waals surface area contributed by atoms with E-state index in [-0.39, 0.29) is 12.5 Å². The number of oxime groups is 1. The SMILES string of the molecule is CC/C(=N\O)c1ccccc1OCC(C)C(N)=O. The van der Waals surface area contributed by atoms with Crippen molar-refractivity contribution in [1.82, 2.24) is 0 Å². The van der Waals surface area contributed by atoms with Crippen LogP contribution < -0.4 is 10.5 Å². The maximum atomic E-state index is 10.9. The standard InChI is InChI=1S/C13H18N2O3/c1-3-11(15-17)10-6-4-5-7-12(10)18-8-9(2)13(14)16/h4-7,9,17H,3,8H2,1-2H3,(H2,14,16)/b15-11+. The van der Waals surface area contributed by atoms with Crippen LogP contribution in [0.15, 0.2) is 29.4 Å². The summed E-state index contributed by atoms with van der Waals surface area (Å²) in [6.45, 7) is 3.79. The molecule has 0 aliphatic rings. The van der Waals surface area contributed by atoms with Gasteiger partial charge in [0.1, 0.15) is 5.75 Å². The highest BCUT2D eigenvalue weighted by Gasteiger charge is 2.13. The molecule has 0 fully saturated rings. The third-order valence-corrected chi connectivity index (χ3v) is 2.63. The fourth-order valence-electron chi connectivity index (χ4n) is 1.44. The maximum Gasteiger partial charge on any atom is 0.223 e. The monoisotopic (exact) mass is 250 g/mol. The van der Waals surface area contributed by atoms with Gasteiger partial charge in [-0.05, 0) is 18.6 Å². The van der Waals surface area contributed by atoms with Crippen molar-refractivity contribution in [2.75, 3.05) is 6.61 Å². The largest absolute Gasteiger partial charge is 0.492 e. The number of nitrogens with zero attached hydrogens (tertiary/aromatic N) is 1. The molecule has 3 N–H and O–H groups in total. The first-order valence-corrected chi connectivity index (χ1v) is 5.82. The van der Waals surface area contributed by atoms with Crippen LogP contribution in [-0.2, 0) is 4.79 Å². The molecule has 0 aromatic heterocycles. The van der Waals surface area contributed by atoms with Gasteiger partial charge in [-0.1, -0.05) is 31.1 Å². The Morgan fingerprint density at radius 3 is 2.72 bits per heavy atom. The van der Waals surface area contributed by atoms with Gasteiger partial charge in [-0.2, -0.15) is 0 Å². The Morgan fingerprint density at radius 1 is 1.50 bits per heavy atom. The van der Waals surface area contributed by atoms with E-state index in [1.807, 2.05) is 25.1 Å². The predicted molar refractivity (Wildman–Crippen MR) is 68.9 cm³/mol. The molecule has 1 atom stereocenters. The van der Waals surface area contributed by atoms with E-state index in [2.05, 4.69) is 5.16 Å². The Bertz CT molecular complexity index is 444. The fourth-order valence-corrected chi connectivity index (χ4v) is 1.44. The Labute approximate surface area is 106 Å². The van der Waals surface area contributed by atoms with Gasteiger partial charge in [-0.15, -0.1) is 0 Å². The molecule has 0 heterocycles. The van der Waals surface area contributed by atoms with Crippen LogP contribution in [0.5, 0.6) is 5.75 Å². The molecule has 0 spiro atoms. The molecule has 1 unspecified atom stereocenters. The summed E-state index contributed by atoms with van der Waals surface area (Å²) in [4.78, 5) is 10.9. The lowest BCUT2D eigenvalue weighted by atomic mass is 10.1. The van der Waals surface area contributed by atoms with Gasteiger partial charge in [0.05, 0.1) is 18.2 Å². The molecular formula is C13H18N2O3. The highest BCUT2D eigenvalue weighted by atomic mass is 16.5. The van der Waals surface area contributed by atoms with Crippen molar-refractivity contribution in [2.45, 2.75) is 20.3 Å². The second kappa shape index (κ2) is 6.64. The van der Waals surface area contributed by atoms with Gasteiger partial charge in [0.15, 0.2) is 0 Å². The Kier molecular flexibility index (Phi) is 5.17. The number of carbonyl (C=O) groups excluding carboxylic acids is 1. The van der Waals surface area contributed by atoms with Gasteiger partial charge >= 0.3 is 0 Å². The number of amides is 1. The summed E-state index contributed by atoms with van der Waals surface area (Å²) < 4.78 is 5.55. The van der Waals surface area contributed by atoms with E-state index in [9.17, 15) is 4.79 Å². The Hall–Kier alpha value is -2.04. The molecule has 98 valence electrons. The van der Waals surface area contributed by atoms with E-state index in [1.165, 1.54) is 0 Å². The second-order valence-corrected chi connectivity index (χ2v) is 4.01. The summed E-state index contributed by atoms with van der Waals surface area (Å²) in [6, 6.07) is 7.23. The number of hydrogen-bond acceptors (Lipinski definition) is 4. The lowest BCUT2D eigenvalue weighted by Crippen LogP contribution is -2.26. The van der Waals surface area contributed by atoms with Crippen molar-refractivity contribution in [3.8, 4) is 5.75 Å². The Balaban J connectivity index is 2.86. The quantitative estimate of drug-likeness (QED) is 0.458. The van der Waals surface area contributed by atoms with Crippen LogP contribution in [0.25, 0.3) is 0 Å². The first-order valence-electron chi connectivity index (χ1n) is 5.82. The third-order valence-electron chi connectivity index (χ3n) is 2.63. The minimum absolute atomic E-state index is 0.203. The number of nitrogens with two attached hydrogens (primary N) is 1. The molecule has 18 heavy (non-hydrogen) atoms. The smallest absolute Gasteiger partial charge is 0.223 e. The number of hydrogen-bond donors (Lipinski definition) is 2. The average Bonchev–Trinajstić information content (AvgIpc) is 2.38. The van der Waals surface area contributed by atoms with Crippen molar-refractivity contribution in [3.05, 3.63) is 29.8 Å². The van der Waals surface area contributed by atoms with E-state index >= 15 is 0 Å². The van der Waals surface area contributed by atoms with Crippen molar-refractivity contribution in [1.29, 1.82) is 0 Å². The van der Waals surface area contributed by atoms with Crippen LogP contribution in [0.2, 0.25) is 0 Å². The number of rotatable bonds is 6. The topological polar surface area (TPSA) is 84.9 Å². The maximum absolute atomic E-state index is 10.9. The number of benzene rings is 1. The molecule has 1 rings (SSSR count). The van der Waals surface area contributed by atoms with E-state index < -0.39 is 5.91 Å². The van der Waals surface area contributed by atoms with Crippen molar-refractivity contribution < 1.29 is 14.7 Å². The minimum Gasteiger partial charge on any atom is -0.492 e. The molecule has 0 aliphatic heterocycles. The molecule has 0 radical (unpaired) electrons. The zero-order chi connectivity index (χ0) is 13.5. The van der Waals surface area contributed by atoms with Crippen LogP contribution in [-0.4, -0.2) is 23.4 Å². The molecule has 0 saturated heterocycles. The van der Waals surface area contributed by atoms with Crippen LogP contribution in [0.1, 0.15) is 25.8 Å². The van der Waals surface area contributed by atoms with Crippen molar-refractivity contribution >= 4 is 11.6 Å². The van der Waals surface area contributed by atoms with Crippen molar-refractivity contribution in [2.24, 2.45) is 16.8 Å². The highest BCUT2D eigenvalue weighted by molar-refractivity contribution is 6.02. The van der Waals surface area contributed by atoms with Gasteiger partial charge in [0.25, 0.3) is 0 Å². The summed E-state index contributed by atoms with van der Waals surface area (Å²) in [5.74, 6) is -0.187. The Morgan fingerprint density at radius 2 is 2.17 bits per heavy atom. The number of para-hydroxylation sites is 1. The lowest BCUT2D eigenvalue weighted by molar-refractivity contribution is -0.122. The second-order valence-electron chi connectivity index (χ2n) is 4.01. The van der Waals surface area contributed by atoms with Gasteiger partial charge in [-0.3, -0.25) is 4.79 Å². The fraction of sp³-hybridized carbons (Fsp3) is 0.385. The van der Waals surface area contributed by atoms with Gasteiger partial charge in [0, 0.05) is 5.56 Å². The van der Waals surface area contributed by atoms with Crippen LogP contribution in [0.4, 0.5) is 0 Å². The summed E-state index contributed by atoms with van der Waals surface area (Å²) in [5.41, 5.74) is 6.43. The first kappa shape index (κ1) is 14.0. The van der Waals surface area contributed by atoms with Gasteiger partial charge < -0.3 is 15.7 Å². The number of ether oxygens (including phenoxy) is 1. The predicted octanol–water partition coefficient (Wildman–Crippen LogP) is 1.78. The van der Waals surface area contributed by atoms with E-state index in [0.29, 0.717) is 17.9 Å². The third kappa shape index (κ3) is 3.48. The first-order chi connectivity index (χ1) is 8.60. The molecule has 1 amide bonds. The van der Waals surface area contributed by atoms with Crippen LogP contribution in [0.3, 0.4) is 0 Å². The normalized spacial score (nSPS) is 13.1. The zero-order valence-corrected chi connectivity index (χ0v) is 10.6. The molecular weight excluding hydrogens is 232 g/mol. The molecule has 1 aromatic rings. The summed E-state index contributed by atoms with van der Waals surface area (Å²) in [6.07, 6.45) is 0.586. The summed E-state index contributed by atoms with van der Waals surface area (Å²) >= 11 is 0. The van der Waals surface area contributed by atoms with Crippen LogP contribution in [0, 0.1) is 5.92 Å². The number of primary amides is 1. The molecule has 5 heteroatoms. The van der Waals surface area contributed by atoms with Gasteiger partial charge in [-0.25, -0.2) is 0 Å². The van der Waals surface area contributed by atoms with Crippen molar-refractivity contribution in [3.63, 3.8) is 0 Å². The van der Waals surface area contributed by atoms with E-state index in [0.717, 1.165) is 5.56 Å². The van der Waals surface area contributed by atoms with E-state index in [4.69, 9.17) is 15.7 Å². The summed E-state index contributed by atoms with van der Waals surface area (Å²) in [5, 5.41) is 12.2.